The van der Waals surface area contributed by atoms with Crippen LogP contribution in [0, 0.1) is 0 Å². The largest absolute Gasteiger partial charge is 0.343 e. The lowest BCUT2D eigenvalue weighted by atomic mass is 10.2. The molecule has 3 rings (SSSR count). The fourth-order valence-electron chi connectivity index (χ4n) is 1.84. The second-order valence-electron chi connectivity index (χ2n) is 3.22. The Morgan fingerprint density at radius 2 is 2.08 bits per heavy atom. The van der Waals surface area contributed by atoms with Crippen LogP contribution in [0.2, 0.25) is 0 Å². The standard InChI is InChI=1S/C11H9N/c1-2-5-12-6-4-10-7-9(3-1)8-11(10)12/h1-8,11H. The van der Waals surface area contributed by atoms with Crippen LogP contribution >= 0.6 is 0 Å². The normalized spacial score (nSPS) is 28.7. The molecule has 0 N–H and O–H groups in total. The molecule has 1 unspecified atom stereocenters. The lowest BCUT2D eigenvalue weighted by Gasteiger charge is -2.17. The monoisotopic (exact) mass is 155 g/mol. The summed E-state index contributed by atoms with van der Waals surface area (Å²) in [4.78, 5) is 2.22. The molecule has 0 aromatic carbocycles. The summed E-state index contributed by atoms with van der Waals surface area (Å²) in [7, 11) is 0. The Labute approximate surface area is 71.7 Å². The molecule has 2 aliphatic heterocycles. The number of nitrogens with zero attached hydrogens (tertiary/aromatic N) is 1. The van der Waals surface area contributed by atoms with Crippen molar-refractivity contribution in [1.82, 2.24) is 4.90 Å². The Kier molecular flexibility index (Phi) is 1.01. The fourth-order valence-corrected chi connectivity index (χ4v) is 1.84. The van der Waals surface area contributed by atoms with Crippen LogP contribution in [0.3, 0.4) is 0 Å². The van der Waals surface area contributed by atoms with Gasteiger partial charge in [-0.05, 0) is 29.4 Å². The third kappa shape index (κ3) is 0.681. The maximum atomic E-state index is 2.29. The van der Waals surface area contributed by atoms with Gasteiger partial charge in [-0.2, -0.15) is 0 Å². The van der Waals surface area contributed by atoms with E-state index in [1.807, 2.05) is 0 Å². The third-order valence-corrected chi connectivity index (χ3v) is 2.44. The van der Waals surface area contributed by atoms with Gasteiger partial charge in [-0.25, -0.2) is 0 Å². The number of allylic oxidation sites excluding steroid dienone is 5. The summed E-state index contributed by atoms with van der Waals surface area (Å²) < 4.78 is 0. The van der Waals surface area contributed by atoms with Crippen molar-refractivity contribution in [1.29, 1.82) is 0 Å². The first-order chi connectivity index (χ1) is 5.93. The molecular weight excluding hydrogens is 146 g/mol. The lowest BCUT2D eigenvalue weighted by Crippen LogP contribution is -2.19. The van der Waals surface area contributed by atoms with Crippen molar-refractivity contribution in [2.24, 2.45) is 0 Å². The molecule has 0 radical (unpaired) electrons. The molecule has 2 heterocycles. The van der Waals surface area contributed by atoms with Crippen LogP contribution in [0.4, 0.5) is 0 Å². The number of rotatable bonds is 0. The van der Waals surface area contributed by atoms with Crippen molar-refractivity contribution < 1.29 is 0 Å². The summed E-state index contributed by atoms with van der Waals surface area (Å²) in [6, 6.07) is 0.473. The Bertz CT molecular complexity index is 366. The average molecular weight is 155 g/mol. The molecule has 1 aliphatic carbocycles. The van der Waals surface area contributed by atoms with E-state index in [1.54, 1.807) is 0 Å². The Balaban J connectivity index is 2.18. The van der Waals surface area contributed by atoms with Gasteiger partial charge in [-0.1, -0.05) is 18.2 Å². The van der Waals surface area contributed by atoms with Gasteiger partial charge in [0.25, 0.3) is 0 Å². The van der Waals surface area contributed by atoms with Crippen LogP contribution in [0.5, 0.6) is 0 Å². The molecule has 12 heavy (non-hydrogen) atoms. The minimum Gasteiger partial charge on any atom is -0.343 e. The van der Waals surface area contributed by atoms with Crippen LogP contribution in [-0.4, -0.2) is 10.9 Å². The molecule has 1 heteroatoms. The molecule has 58 valence electrons. The van der Waals surface area contributed by atoms with Crippen LogP contribution in [-0.2, 0) is 0 Å². The Morgan fingerprint density at radius 1 is 1.08 bits per heavy atom. The van der Waals surface area contributed by atoms with Gasteiger partial charge in [-0.15, -0.1) is 0 Å². The summed E-state index contributed by atoms with van der Waals surface area (Å²) in [5.74, 6) is 0. The van der Waals surface area contributed by atoms with Crippen molar-refractivity contribution in [2.75, 3.05) is 0 Å². The molecule has 0 saturated heterocycles. The van der Waals surface area contributed by atoms with Crippen molar-refractivity contribution in [2.45, 2.75) is 6.04 Å². The predicted octanol–water partition coefficient (Wildman–Crippen LogP) is 2.13. The molecule has 1 nitrogen and oxygen atoms in total. The average Bonchev–Trinajstić information content (AvgIpc) is 2.57. The first-order valence-corrected chi connectivity index (χ1v) is 4.17. The molecule has 0 spiro atoms. The highest BCUT2D eigenvalue weighted by molar-refractivity contribution is 5.53. The van der Waals surface area contributed by atoms with Crippen molar-refractivity contribution in [3.63, 3.8) is 0 Å². The molecule has 0 amide bonds. The molecule has 0 saturated carbocycles. The van der Waals surface area contributed by atoms with E-state index in [0.717, 1.165) is 0 Å². The third-order valence-electron chi connectivity index (χ3n) is 2.44. The second kappa shape index (κ2) is 2.01. The van der Waals surface area contributed by atoms with Crippen molar-refractivity contribution >= 4 is 0 Å². The summed E-state index contributed by atoms with van der Waals surface area (Å²) in [6.07, 6.45) is 17.2. The van der Waals surface area contributed by atoms with E-state index in [2.05, 4.69) is 53.8 Å². The summed E-state index contributed by atoms with van der Waals surface area (Å²) in [5.41, 5.74) is 2.73. The van der Waals surface area contributed by atoms with E-state index < -0.39 is 0 Å². The highest BCUT2D eigenvalue weighted by Gasteiger charge is 2.24. The zero-order chi connectivity index (χ0) is 7.97. The highest BCUT2D eigenvalue weighted by Crippen LogP contribution is 2.31. The van der Waals surface area contributed by atoms with Gasteiger partial charge in [0.15, 0.2) is 0 Å². The van der Waals surface area contributed by atoms with E-state index in [1.165, 1.54) is 11.1 Å². The van der Waals surface area contributed by atoms with Crippen molar-refractivity contribution in [3.05, 3.63) is 60.0 Å². The minimum atomic E-state index is 0.473. The maximum absolute atomic E-state index is 2.29. The minimum absolute atomic E-state index is 0.473. The summed E-state index contributed by atoms with van der Waals surface area (Å²) >= 11 is 0. The molecule has 0 fully saturated rings. The molecule has 2 bridgehead atoms. The van der Waals surface area contributed by atoms with Crippen LogP contribution in [0.15, 0.2) is 60.0 Å². The molecule has 0 aromatic rings. The Hall–Kier alpha value is -1.50. The predicted molar refractivity (Wildman–Crippen MR) is 49.2 cm³/mol. The molecule has 3 aliphatic rings. The summed E-state index contributed by atoms with van der Waals surface area (Å²) in [6.45, 7) is 0. The first kappa shape index (κ1) is 6.06. The molecule has 0 aromatic heterocycles. The van der Waals surface area contributed by atoms with Gasteiger partial charge in [0, 0.05) is 12.4 Å². The number of hydrogen-bond donors (Lipinski definition) is 0. The highest BCUT2D eigenvalue weighted by atomic mass is 15.1. The zero-order valence-electron chi connectivity index (χ0n) is 6.64. The lowest BCUT2D eigenvalue weighted by molar-refractivity contribution is 0.502. The first-order valence-electron chi connectivity index (χ1n) is 4.17. The van der Waals surface area contributed by atoms with Crippen molar-refractivity contribution in [3.8, 4) is 0 Å². The zero-order valence-corrected chi connectivity index (χ0v) is 6.64. The van der Waals surface area contributed by atoms with E-state index in [9.17, 15) is 0 Å². The van der Waals surface area contributed by atoms with Gasteiger partial charge in [-0.3, -0.25) is 0 Å². The summed E-state index contributed by atoms with van der Waals surface area (Å²) in [5, 5.41) is 0. The van der Waals surface area contributed by atoms with Gasteiger partial charge in [0.1, 0.15) is 0 Å². The van der Waals surface area contributed by atoms with Crippen LogP contribution in [0.1, 0.15) is 0 Å². The maximum Gasteiger partial charge on any atom is 0.0773 e. The number of hydrogen-bond acceptors (Lipinski definition) is 1. The van der Waals surface area contributed by atoms with Gasteiger partial charge in [0.05, 0.1) is 6.04 Å². The fraction of sp³-hybridized carbons (Fsp3) is 0.0909. The molecule has 1 atom stereocenters. The quantitative estimate of drug-likeness (QED) is 0.518. The van der Waals surface area contributed by atoms with Crippen LogP contribution < -0.4 is 0 Å². The molecular formula is C11H9N. The second-order valence-corrected chi connectivity index (χ2v) is 3.22. The smallest absolute Gasteiger partial charge is 0.0773 e. The van der Waals surface area contributed by atoms with Gasteiger partial charge in [0.2, 0.25) is 0 Å². The van der Waals surface area contributed by atoms with E-state index in [0.29, 0.717) is 6.04 Å². The van der Waals surface area contributed by atoms with E-state index >= 15 is 0 Å². The SMILES string of the molecule is C1=CC2=CC3C(=C2)C=CN3C=C1. The van der Waals surface area contributed by atoms with E-state index in [-0.39, 0.29) is 0 Å². The topological polar surface area (TPSA) is 3.24 Å². The van der Waals surface area contributed by atoms with Crippen LogP contribution in [0.25, 0.3) is 0 Å². The van der Waals surface area contributed by atoms with E-state index in [4.69, 9.17) is 0 Å². The Morgan fingerprint density at radius 3 is 3.08 bits per heavy atom. The van der Waals surface area contributed by atoms with Gasteiger partial charge >= 0.3 is 0 Å². The van der Waals surface area contributed by atoms with Gasteiger partial charge < -0.3 is 4.90 Å².